The Bertz CT molecular complexity index is 800. The maximum absolute atomic E-state index is 12.7. The van der Waals surface area contributed by atoms with Crippen LogP contribution in [0.3, 0.4) is 0 Å². The molecule has 24 heavy (non-hydrogen) atoms. The number of nitrogens with one attached hydrogen (secondary N) is 2. The number of carbonyl (C=O) groups is 1. The number of hydrogen-bond donors (Lipinski definition) is 3. The highest BCUT2D eigenvalue weighted by Crippen LogP contribution is 2.41. The molecule has 126 valence electrons. The lowest BCUT2D eigenvalue weighted by Crippen LogP contribution is -2.39. The van der Waals surface area contributed by atoms with E-state index in [4.69, 9.17) is 0 Å². The number of amides is 1. The first-order valence-corrected chi connectivity index (χ1v) is 9.09. The molecule has 3 N–H and O–H groups in total. The molecule has 2 aliphatic heterocycles. The topological polar surface area (TPSA) is 64.6 Å². The van der Waals surface area contributed by atoms with E-state index < -0.39 is 0 Å². The first-order valence-electron chi connectivity index (χ1n) is 8.28. The monoisotopic (exact) mass is 343 g/mol. The number of anilines is 1. The highest BCUT2D eigenvalue weighted by atomic mass is 32.1. The quantitative estimate of drug-likeness (QED) is 0.784. The van der Waals surface area contributed by atoms with Crippen LogP contribution in [0, 0.1) is 0 Å². The zero-order valence-electron chi connectivity index (χ0n) is 13.8. The van der Waals surface area contributed by atoms with E-state index in [1.165, 1.54) is 10.4 Å². The molecule has 0 bridgehead atoms. The normalized spacial score (nSPS) is 20.3. The van der Waals surface area contributed by atoms with Crippen molar-refractivity contribution in [2.45, 2.75) is 39.0 Å². The molecule has 2 aliphatic rings. The van der Waals surface area contributed by atoms with Gasteiger partial charge in [0.2, 0.25) is 0 Å². The van der Waals surface area contributed by atoms with E-state index in [2.05, 4.69) is 29.4 Å². The van der Waals surface area contributed by atoms with Crippen LogP contribution >= 0.6 is 11.3 Å². The van der Waals surface area contributed by atoms with Gasteiger partial charge in [-0.2, -0.15) is 0 Å². The Morgan fingerprint density at radius 3 is 2.92 bits per heavy atom. The summed E-state index contributed by atoms with van der Waals surface area (Å²) in [5, 5.41) is 17.1. The van der Waals surface area contributed by atoms with Gasteiger partial charge in [0.15, 0.2) is 0 Å². The van der Waals surface area contributed by atoms with E-state index in [-0.39, 0.29) is 17.8 Å². The first-order chi connectivity index (χ1) is 11.5. The standard InChI is InChI=1S/C18H21N3O2S/c1-10(2)21-7-6-13-14(9-21)24-18-15(13)17(23)19-16(20-18)11-4-3-5-12(22)8-11/h3-5,8,10,16,20,22H,6-7,9H2,1-2H3,(H,19,23). The molecule has 0 saturated carbocycles. The van der Waals surface area contributed by atoms with Crippen LogP contribution in [0.4, 0.5) is 5.00 Å². The minimum Gasteiger partial charge on any atom is -0.508 e. The van der Waals surface area contributed by atoms with Crippen LogP contribution in [0.5, 0.6) is 5.75 Å². The van der Waals surface area contributed by atoms with Crippen molar-refractivity contribution in [3.63, 3.8) is 0 Å². The van der Waals surface area contributed by atoms with Crippen molar-refractivity contribution in [2.75, 3.05) is 11.9 Å². The van der Waals surface area contributed by atoms with Crippen molar-refractivity contribution in [3.05, 3.63) is 45.8 Å². The lowest BCUT2D eigenvalue weighted by Gasteiger charge is -2.31. The van der Waals surface area contributed by atoms with Crippen molar-refractivity contribution >= 4 is 22.2 Å². The molecule has 0 spiro atoms. The second kappa shape index (κ2) is 5.79. The molecule has 5 nitrogen and oxygen atoms in total. The Balaban J connectivity index is 1.66. The zero-order chi connectivity index (χ0) is 16.8. The van der Waals surface area contributed by atoms with Crippen molar-refractivity contribution in [1.82, 2.24) is 10.2 Å². The van der Waals surface area contributed by atoms with Crippen molar-refractivity contribution in [1.29, 1.82) is 0 Å². The molecule has 1 aromatic carbocycles. The summed E-state index contributed by atoms with van der Waals surface area (Å²) in [7, 11) is 0. The van der Waals surface area contributed by atoms with E-state index in [1.54, 1.807) is 29.5 Å². The van der Waals surface area contributed by atoms with Crippen molar-refractivity contribution in [3.8, 4) is 5.75 Å². The highest BCUT2D eigenvalue weighted by molar-refractivity contribution is 7.16. The van der Waals surface area contributed by atoms with Crippen LogP contribution in [0.15, 0.2) is 24.3 Å². The minimum absolute atomic E-state index is 0.0208. The van der Waals surface area contributed by atoms with Gasteiger partial charge in [-0.25, -0.2) is 0 Å². The minimum atomic E-state index is -0.307. The smallest absolute Gasteiger partial charge is 0.256 e. The summed E-state index contributed by atoms with van der Waals surface area (Å²) in [6, 6.07) is 7.50. The number of rotatable bonds is 2. The molecule has 3 heterocycles. The SMILES string of the molecule is CC(C)N1CCc2c(sc3c2C(=O)NC(c2cccc(O)c2)N3)C1. The Labute approximate surface area is 145 Å². The van der Waals surface area contributed by atoms with Gasteiger partial charge >= 0.3 is 0 Å². The third-order valence-corrected chi connectivity index (χ3v) is 5.95. The molecule has 4 rings (SSSR count). The number of thiophene rings is 1. The second-order valence-electron chi connectivity index (χ2n) is 6.67. The summed E-state index contributed by atoms with van der Waals surface area (Å²) in [4.78, 5) is 16.4. The molecule has 1 unspecified atom stereocenters. The van der Waals surface area contributed by atoms with Gasteiger partial charge in [0, 0.05) is 24.0 Å². The maximum atomic E-state index is 12.7. The van der Waals surface area contributed by atoms with Gasteiger partial charge in [-0.15, -0.1) is 11.3 Å². The number of benzene rings is 1. The average Bonchev–Trinajstić information content (AvgIpc) is 2.92. The fourth-order valence-corrected chi connectivity index (χ4v) is 4.75. The molecule has 2 aromatic rings. The third-order valence-electron chi connectivity index (χ3n) is 4.80. The predicted octanol–water partition coefficient (Wildman–Crippen LogP) is 3.07. The summed E-state index contributed by atoms with van der Waals surface area (Å²) in [6.07, 6.45) is 0.615. The molecule has 0 fully saturated rings. The van der Waals surface area contributed by atoms with Gasteiger partial charge < -0.3 is 15.7 Å². The van der Waals surface area contributed by atoms with Gasteiger partial charge in [-0.05, 0) is 43.5 Å². The number of nitrogens with zero attached hydrogens (tertiary/aromatic N) is 1. The number of aromatic hydroxyl groups is 1. The molecular formula is C18H21N3O2S. The fraction of sp³-hybridized carbons (Fsp3) is 0.389. The zero-order valence-corrected chi connectivity index (χ0v) is 14.6. The molecule has 0 aliphatic carbocycles. The largest absolute Gasteiger partial charge is 0.508 e. The Morgan fingerprint density at radius 1 is 1.33 bits per heavy atom. The Hall–Kier alpha value is -2.05. The summed E-state index contributed by atoms with van der Waals surface area (Å²) in [5.74, 6) is 0.181. The van der Waals surface area contributed by atoms with Crippen LogP contribution in [-0.2, 0) is 13.0 Å². The van der Waals surface area contributed by atoms with Gasteiger partial charge in [0.1, 0.15) is 16.9 Å². The number of hydrogen-bond acceptors (Lipinski definition) is 5. The second-order valence-corrected chi connectivity index (χ2v) is 7.77. The van der Waals surface area contributed by atoms with E-state index in [0.717, 1.165) is 35.6 Å². The third kappa shape index (κ3) is 2.56. The maximum Gasteiger partial charge on any atom is 0.256 e. The van der Waals surface area contributed by atoms with E-state index in [0.29, 0.717) is 6.04 Å². The number of carbonyl (C=O) groups excluding carboxylic acids is 1. The number of fused-ring (bicyclic) bond motifs is 3. The molecular weight excluding hydrogens is 322 g/mol. The molecule has 1 aromatic heterocycles. The van der Waals surface area contributed by atoms with Gasteiger partial charge in [-0.1, -0.05) is 12.1 Å². The van der Waals surface area contributed by atoms with Crippen LogP contribution < -0.4 is 10.6 Å². The van der Waals surface area contributed by atoms with E-state index in [9.17, 15) is 9.90 Å². The summed E-state index contributed by atoms with van der Waals surface area (Å²) >= 11 is 1.69. The fourth-order valence-electron chi connectivity index (χ4n) is 3.45. The Kier molecular flexibility index (Phi) is 3.73. The first kappa shape index (κ1) is 15.5. The van der Waals surface area contributed by atoms with Crippen LogP contribution in [0.2, 0.25) is 0 Å². The van der Waals surface area contributed by atoms with E-state index in [1.807, 2.05) is 6.07 Å². The van der Waals surface area contributed by atoms with Crippen LogP contribution in [-0.4, -0.2) is 28.5 Å². The average molecular weight is 343 g/mol. The molecule has 0 radical (unpaired) electrons. The number of phenolic OH excluding ortho intramolecular Hbond substituents is 1. The Morgan fingerprint density at radius 2 is 2.17 bits per heavy atom. The van der Waals surface area contributed by atoms with Gasteiger partial charge in [0.25, 0.3) is 5.91 Å². The molecule has 1 amide bonds. The molecule has 0 saturated heterocycles. The van der Waals surface area contributed by atoms with Crippen molar-refractivity contribution in [2.24, 2.45) is 0 Å². The highest BCUT2D eigenvalue weighted by Gasteiger charge is 2.33. The molecule has 1 atom stereocenters. The van der Waals surface area contributed by atoms with Gasteiger partial charge in [0.05, 0.1) is 5.56 Å². The summed E-state index contributed by atoms with van der Waals surface area (Å²) < 4.78 is 0. The van der Waals surface area contributed by atoms with Crippen molar-refractivity contribution < 1.29 is 9.90 Å². The van der Waals surface area contributed by atoms with Crippen LogP contribution in [0.1, 0.15) is 46.4 Å². The lowest BCUT2D eigenvalue weighted by molar-refractivity contribution is 0.0934. The summed E-state index contributed by atoms with van der Waals surface area (Å²) in [6.45, 7) is 6.33. The molecule has 6 heteroatoms. The van der Waals surface area contributed by atoms with Crippen LogP contribution in [0.25, 0.3) is 0 Å². The number of phenols is 1. The van der Waals surface area contributed by atoms with Gasteiger partial charge in [-0.3, -0.25) is 9.69 Å². The predicted molar refractivity (Wildman–Crippen MR) is 95.5 cm³/mol. The van der Waals surface area contributed by atoms with E-state index >= 15 is 0 Å². The summed E-state index contributed by atoms with van der Waals surface area (Å²) in [5.41, 5.74) is 2.87. The lowest BCUT2D eigenvalue weighted by atomic mass is 9.99.